The van der Waals surface area contributed by atoms with E-state index in [1.54, 1.807) is 12.3 Å². The minimum Gasteiger partial charge on any atom is -0.482 e. The second kappa shape index (κ2) is 12.6. The van der Waals surface area contributed by atoms with Crippen LogP contribution in [0, 0.1) is 13.0 Å². The molecule has 196 valence electrons. The van der Waals surface area contributed by atoms with Gasteiger partial charge in [-0.15, -0.1) is 0 Å². The van der Waals surface area contributed by atoms with Gasteiger partial charge in [0, 0.05) is 16.1 Å². The molecule has 7 nitrogen and oxygen atoms in total. The van der Waals surface area contributed by atoms with Gasteiger partial charge in [-0.25, -0.2) is 9.37 Å². The van der Waals surface area contributed by atoms with E-state index < -0.39 is 0 Å². The lowest BCUT2D eigenvalue weighted by molar-refractivity contribution is -0.118. The quantitative estimate of drug-likeness (QED) is 0.155. The number of rotatable bonds is 8. The zero-order valence-electron chi connectivity index (χ0n) is 20.3. The molecule has 1 heterocycles. The maximum atomic E-state index is 13.3. The highest BCUT2D eigenvalue weighted by Crippen LogP contribution is 2.29. The molecule has 0 saturated heterocycles. The molecular formula is C27H22BrFI2N4O3. The van der Waals surface area contributed by atoms with Crippen molar-refractivity contribution in [1.82, 2.24) is 9.66 Å². The molecular weight excluding hydrogens is 781 g/mol. The molecule has 3 aromatic carbocycles. The Labute approximate surface area is 254 Å². The summed E-state index contributed by atoms with van der Waals surface area (Å²) in [5.41, 5.74) is 1.64. The highest BCUT2D eigenvalue weighted by molar-refractivity contribution is 14.1. The number of hydrogen-bond acceptors (Lipinski definition) is 5. The molecule has 0 saturated carbocycles. The summed E-state index contributed by atoms with van der Waals surface area (Å²) < 4.78 is 22.6. The summed E-state index contributed by atoms with van der Waals surface area (Å²) in [7, 11) is 0. The lowest BCUT2D eigenvalue weighted by Gasteiger charge is -2.14. The van der Waals surface area contributed by atoms with Gasteiger partial charge in [-0.1, -0.05) is 29.8 Å². The minimum atomic E-state index is -0.377. The normalized spacial score (nSPS) is 12.2. The summed E-state index contributed by atoms with van der Waals surface area (Å²) in [6.45, 7) is 3.85. The third-order valence-corrected chi connectivity index (χ3v) is 7.80. The highest BCUT2D eigenvalue weighted by Gasteiger charge is 2.16. The second-order valence-corrected chi connectivity index (χ2v) is 11.7. The Morgan fingerprint density at radius 1 is 1.18 bits per heavy atom. The number of carbonyl (C=O) groups is 1. The van der Waals surface area contributed by atoms with Gasteiger partial charge in [-0.05, 0) is 112 Å². The van der Waals surface area contributed by atoms with Gasteiger partial charge in [0.2, 0.25) is 0 Å². The Bertz CT molecular complexity index is 1570. The molecule has 1 N–H and O–H groups in total. The van der Waals surface area contributed by atoms with E-state index in [0.717, 1.165) is 23.6 Å². The van der Waals surface area contributed by atoms with Gasteiger partial charge < -0.3 is 10.1 Å². The van der Waals surface area contributed by atoms with Gasteiger partial charge >= 0.3 is 0 Å². The van der Waals surface area contributed by atoms with Crippen molar-refractivity contribution in [3.05, 3.63) is 93.8 Å². The molecule has 38 heavy (non-hydrogen) atoms. The van der Waals surface area contributed by atoms with E-state index in [4.69, 9.17) is 9.72 Å². The third-order valence-electron chi connectivity index (χ3n) is 5.70. The first-order chi connectivity index (χ1) is 18.2. The average Bonchev–Trinajstić information content (AvgIpc) is 2.88. The van der Waals surface area contributed by atoms with E-state index in [-0.39, 0.29) is 29.8 Å². The van der Waals surface area contributed by atoms with Crippen molar-refractivity contribution >= 4 is 89.8 Å². The van der Waals surface area contributed by atoms with Crippen molar-refractivity contribution in [1.29, 1.82) is 0 Å². The molecule has 1 aromatic heterocycles. The highest BCUT2D eigenvalue weighted by atomic mass is 127. The number of carbonyl (C=O) groups excluding carboxylic acids is 1. The van der Waals surface area contributed by atoms with Crippen molar-refractivity contribution in [3.63, 3.8) is 0 Å². The molecule has 11 heteroatoms. The lowest BCUT2D eigenvalue weighted by Crippen LogP contribution is -2.23. The fourth-order valence-electron chi connectivity index (χ4n) is 3.56. The molecule has 0 aliphatic carbocycles. The van der Waals surface area contributed by atoms with E-state index in [2.05, 4.69) is 71.5 Å². The Morgan fingerprint density at radius 3 is 2.53 bits per heavy atom. The number of anilines is 1. The summed E-state index contributed by atoms with van der Waals surface area (Å²) in [6, 6.07) is 14.7. The summed E-state index contributed by atoms with van der Waals surface area (Å²) in [4.78, 5) is 30.4. The molecule has 0 fully saturated rings. The number of amides is 1. The van der Waals surface area contributed by atoms with Crippen LogP contribution < -0.4 is 15.6 Å². The minimum absolute atomic E-state index is 0.0324. The van der Waals surface area contributed by atoms with Gasteiger partial charge in [0.15, 0.2) is 6.61 Å². The largest absolute Gasteiger partial charge is 0.482 e. The number of aromatic nitrogens is 2. The van der Waals surface area contributed by atoms with Crippen LogP contribution in [0.1, 0.15) is 37.6 Å². The number of ether oxygens (including phenoxy) is 1. The first kappa shape index (κ1) is 28.6. The molecule has 0 spiro atoms. The lowest BCUT2D eigenvalue weighted by atomic mass is 10.1. The summed E-state index contributed by atoms with van der Waals surface area (Å²) in [6.07, 6.45) is 2.43. The summed E-state index contributed by atoms with van der Waals surface area (Å²) in [5.74, 6) is 0.455. The monoisotopic (exact) mass is 802 g/mol. The van der Waals surface area contributed by atoms with Crippen LogP contribution in [0.15, 0.2) is 69.0 Å². The molecule has 4 aromatic rings. The molecule has 1 amide bonds. The molecule has 0 bridgehead atoms. The van der Waals surface area contributed by atoms with Gasteiger partial charge in [0.05, 0.1) is 24.3 Å². The number of hydrogen-bond donors (Lipinski definition) is 1. The number of nitrogens with one attached hydrogen (secondary N) is 1. The van der Waals surface area contributed by atoms with Crippen LogP contribution in [0.5, 0.6) is 5.75 Å². The number of nitrogens with zero attached hydrogens (tertiary/aromatic N) is 3. The predicted octanol–water partition coefficient (Wildman–Crippen LogP) is 6.92. The standard InChI is InChI=1S/C27H22BrFI2N4O3/c1-3-15(2)26-34-23-9-4-17(28)12-20(23)27(37)35(26)32-13-16-10-21(30)25(22(31)11-16)38-14-24(36)33-19-7-5-18(29)6-8-19/h4-13,15H,3,14H2,1-2H3,(H,33,36)/t15-/m0/s1. The molecule has 0 aliphatic heterocycles. The number of fused-ring (bicyclic) bond motifs is 1. The predicted molar refractivity (Wildman–Crippen MR) is 168 cm³/mol. The Balaban J connectivity index is 1.57. The van der Waals surface area contributed by atoms with E-state index in [1.807, 2.05) is 38.1 Å². The number of benzene rings is 3. The summed E-state index contributed by atoms with van der Waals surface area (Å²) in [5, 5.41) is 7.68. The fourth-order valence-corrected chi connectivity index (χ4v) is 6.05. The van der Waals surface area contributed by atoms with Crippen molar-refractivity contribution in [2.75, 3.05) is 11.9 Å². The molecule has 1 atom stereocenters. The van der Waals surface area contributed by atoms with E-state index in [9.17, 15) is 14.0 Å². The zero-order chi connectivity index (χ0) is 27.4. The van der Waals surface area contributed by atoms with Gasteiger partial charge in [0.1, 0.15) is 17.4 Å². The first-order valence-corrected chi connectivity index (χ1v) is 14.5. The van der Waals surface area contributed by atoms with E-state index >= 15 is 0 Å². The third kappa shape index (κ3) is 6.78. The van der Waals surface area contributed by atoms with E-state index in [1.165, 1.54) is 28.9 Å². The number of halogens is 4. The Hall–Kier alpha value is -2.39. The molecule has 0 aliphatic rings. The topological polar surface area (TPSA) is 85.6 Å². The smallest absolute Gasteiger partial charge is 0.282 e. The van der Waals surface area contributed by atoms with Gasteiger partial charge in [0.25, 0.3) is 11.5 Å². The van der Waals surface area contributed by atoms with Gasteiger partial charge in [-0.2, -0.15) is 9.78 Å². The maximum Gasteiger partial charge on any atom is 0.282 e. The molecule has 4 rings (SSSR count). The van der Waals surface area contributed by atoms with Crippen LogP contribution in [-0.4, -0.2) is 28.4 Å². The molecule has 0 radical (unpaired) electrons. The van der Waals surface area contributed by atoms with Crippen molar-refractivity contribution < 1.29 is 13.9 Å². The average molecular weight is 803 g/mol. The van der Waals surface area contributed by atoms with Crippen LogP contribution in [0.4, 0.5) is 10.1 Å². The van der Waals surface area contributed by atoms with Crippen molar-refractivity contribution in [2.24, 2.45) is 5.10 Å². The van der Waals surface area contributed by atoms with E-state index in [0.29, 0.717) is 28.2 Å². The Kier molecular flexibility index (Phi) is 9.52. The first-order valence-electron chi connectivity index (χ1n) is 11.6. The molecule has 0 unspecified atom stereocenters. The van der Waals surface area contributed by atoms with Gasteiger partial charge in [-0.3, -0.25) is 9.59 Å². The van der Waals surface area contributed by atoms with Crippen LogP contribution in [0.25, 0.3) is 10.9 Å². The second-order valence-electron chi connectivity index (χ2n) is 8.46. The van der Waals surface area contributed by atoms with Crippen LogP contribution in [-0.2, 0) is 4.79 Å². The Morgan fingerprint density at radius 2 is 1.87 bits per heavy atom. The van der Waals surface area contributed by atoms with Crippen LogP contribution >= 0.6 is 61.1 Å². The maximum absolute atomic E-state index is 13.3. The SMILES string of the molecule is CC[C@H](C)c1nc2ccc(Br)cc2c(=O)n1N=Cc1cc(I)c(OCC(=O)Nc2ccc(F)cc2)c(I)c1. The summed E-state index contributed by atoms with van der Waals surface area (Å²) >= 11 is 7.69. The van der Waals surface area contributed by atoms with Crippen molar-refractivity contribution in [3.8, 4) is 5.75 Å². The fraction of sp³-hybridized carbons (Fsp3) is 0.185. The van der Waals surface area contributed by atoms with Crippen LogP contribution in [0.2, 0.25) is 0 Å². The van der Waals surface area contributed by atoms with Crippen molar-refractivity contribution in [2.45, 2.75) is 26.2 Å². The zero-order valence-corrected chi connectivity index (χ0v) is 26.2. The van der Waals surface area contributed by atoms with Crippen LogP contribution in [0.3, 0.4) is 0 Å².